The highest BCUT2D eigenvalue weighted by atomic mass is 32.2. The molecule has 2 aromatic rings. The van der Waals surface area contributed by atoms with Gasteiger partial charge in [-0.2, -0.15) is 0 Å². The van der Waals surface area contributed by atoms with Gasteiger partial charge in [0.05, 0.1) is 0 Å². The Hall–Kier alpha value is -1.71. The van der Waals surface area contributed by atoms with E-state index in [0.717, 1.165) is 12.3 Å². The van der Waals surface area contributed by atoms with Gasteiger partial charge in [-0.1, -0.05) is 36.4 Å². The van der Waals surface area contributed by atoms with Crippen molar-refractivity contribution >= 4 is 23.0 Å². The third-order valence-electron chi connectivity index (χ3n) is 5.91. The largest absolute Gasteiger partial charge is 0.384 e. The molecule has 0 bridgehead atoms. The molecule has 3 aliphatic rings. The van der Waals surface area contributed by atoms with E-state index in [1.807, 2.05) is 11.8 Å². The zero-order valence-corrected chi connectivity index (χ0v) is 15.4. The molecule has 0 amide bonds. The maximum Gasteiger partial charge on any atom is 0.0382 e. The summed E-state index contributed by atoms with van der Waals surface area (Å²) in [5.41, 5.74) is 6.02. The fourth-order valence-corrected chi connectivity index (χ4v) is 5.72. The van der Waals surface area contributed by atoms with Crippen LogP contribution in [-0.4, -0.2) is 36.8 Å². The topological polar surface area (TPSA) is 15.3 Å². The molecule has 2 aromatic carbocycles. The quantitative estimate of drug-likeness (QED) is 0.809. The summed E-state index contributed by atoms with van der Waals surface area (Å²) in [5, 5.41) is 3.61. The predicted octanol–water partition coefficient (Wildman–Crippen LogP) is 4.71. The van der Waals surface area contributed by atoms with Crippen LogP contribution in [0, 0.1) is 5.92 Å². The summed E-state index contributed by atoms with van der Waals surface area (Å²) in [4.78, 5) is 3.97. The number of hydrogen-bond donors (Lipinski definition) is 1. The lowest BCUT2D eigenvalue weighted by molar-refractivity contribution is 0.234. The van der Waals surface area contributed by atoms with Gasteiger partial charge in [0, 0.05) is 41.4 Å². The summed E-state index contributed by atoms with van der Waals surface area (Å²) in [6, 6.07) is 18.2. The fourth-order valence-electron chi connectivity index (χ4n) is 4.77. The summed E-state index contributed by atoms with van der Waals surface area (Å²) in [6.45, 7) is 2.28. The minimum atomic E-state index is 0.589. The van der Waals surface area contributed by atoms with Crippen molar-refractivity contribution in [3.63, 3.8) is 0 Å². The minimum absolute atomic E-state index is 0.589. The molecule has 3 atom stereocenters. The van der Waals surface area contributed by atoms with Gasteiger partial charge in [-0.05, 0) is 54.3 Å². The van der Waals surface area contributed by atoms with Gasteiger partial charge in [-0.25, -0.2) is 0 Å². The summed E-state index contributed by atoms with van der Waals surface area (Å²) in [5.74, 6) is 2.45. The number of thioether (sulfide) groups is 1. The number of nitrogens with one attached hydrogen (secondary N) is 1. The van der Waals surface area contributed by atoms with Crippen LogP contribution in [-0.2, 0) is 0 Å². The molecule has 2 nitrogen and oxygen atoms in total. The fraction of sp³-hybridized carbons (Fsp3) is 0.364. The summed E-state index contributed by atoms with van der Waals surface area (Å²) in [6.07, 6.45) is 3.85. The monoisotopic (exact) mass is 348 g/mol. The van der Waals surface area contributed by atoms with Crippen molar-refractivity contribution in [2.45, 2.75) is 23.3 Å². The lowest BCUT2D eigenvalue weighted by Crippen LogP contribution is -2.43. The van der Waals surface area contributed by atoms with Gasteiger partial charge < -0.3 is 5.32 Å². The van der Waals surface area contributed by atoms with Crippen molar-refractivity contribution < 1.29 is 0 Å². The van der Waals surface area contributed by atoms with Crippen molar-refractivity contribution in [1.82, 2.24) is 4.90 Å². The molecule has 0 aromatic heterocycles. The molecule has 2 aliphatic heterocycles. The van der Waals surface area contributed by atoms with Gasteiger partial charge >= 0.3 is 0 Å². The molecule has 0 saturated carbocycles. The molecule has 0 spiro atoms. The zero-order chi connectivity index (χ0) is 16.8. The third-order valence-corrected chi connectivity index (χ3v) is 7.11. The maximum absolute atomic E-state index is 3.61. The number of hydrogen-bond acceptors (Lipinski definition) is 3. The van der Waals surface area contributed by atoms with Crippen molar-refractivity contribution in [1.29, 1.82) is 0 Å². The van der Waals surface area contributed by atoms with E-state index in [4.69, 9.17) is 0 Å². The summed E-state index contributed by atoms with van der Waals surface area (Å²) in [7, 11) is 2.31. The zero-order valence-electron chi connectivity index (χ0n) is 14.6. The second-order valence-corrected chi connectivity index (χ2v) is 8.64. The highest BCUT2D eigenvalue weighted by Gasteiger charge is 2.39. The summed E-state index contributed by atoms with van der Waals surface area (Å²) < 4.78 is 0. The van der Waals surface area contributed by atoms with Gasteiger partial charge in [0.2, 0.25) is 0 Å². The van der Waals surface area contributed by atoms with Crippen LogP contribution >= 0.6 is 11.8 Å². The first-order valence-corrected chi connectivity index (χ1v) is 10.2. The average Bonchev–Trinajstić information content (AvgIpc) is 3.06. The Labute approximate surface area is 154 Å². The Kier molecular flexibility index (Phi) is 3.87. The van der Waals surface area contributed by atoms with Crippen molar-refractivity contribution in [2.75, 3.05) is 31.2 Å². The van der Waals surface area contributed by atoms with E-state index in [1.165, 1.54) is 29.1 Å². The van der Waals surface area contributed by atoms with Crippen LogP contribution in [0.5, 0.6) is 0 Å². The van der Waals surface area contributed by atoms with E-state index >= 15 is 0 Å². The highest BCUT2D eigenvalue weighted by molar-refractivity contribution is 7.99. The van der Waals surface area contributed by atoms with Gasteiger partial charge in [0.1, 0.15) is 0 Å². The van der Waals surface area contributed by atoms with E-state index in [2.05, 4.69) is 71.9 Å². The van der Waals surface area contributed by atoms with Crippen LogP contribution in [0.3, 0.4) is 0 Å². The van der Waals surface area contributed by atoms with Gasteiger partial charge in [0.15, 0.2) is 0 Å². The predicted molar refractivity (Wildman–Crippen MR) is 107 cm³/mol. The Morgan fingerprint density at radius 1 is 1.12 bits per heavy atom. The molecule has 1 aliphatic carbocycles. The second-order valence-electron chi connectivity index (χ2n) is 7.54. The molecule has 2 unspecified atom stereocenters. The molecule has 0 radical (unpaired) electrons. The van der Waals surface area contributed by atoms with Crippen molar-refractivity contribution in [3.8, 4) is 0 Å². The SMILES string of the molecule is CN1CC(CSc2ccccc2)C=C2c3cccc4c3C(CN4)C[C@@H]21. The van der Waals surface area contributed by atoms with Crippen LogP contribution < -0.4 is 5.32 Å². The van der Waals surface area contributed by atoms with E-state index in [9.17, 15) is 0 Å². The molecule has 128 valence electrons. The smallest absolute Gasteiger partial charge is 0.0382 e. The first-order valence-electron chi connectivity index (χ1n) is 9.26. The number of benzene rings is 2. The first kappa shape index (κ1) is 15.5. The molecular weight excluding hydrogens is 324 g/mol. The van der Waals surface area contributed by atoms with E-state index < -0.39 is 0 Å². The molecule has 1 N–H and O–H groups in total. The standard InChI is InChI=1S/C22H24N2S/c1-24-13-15(14-25-17-6-3-2-4-7-17)10-19-18-8-5-9-20-22(18)16(12-23-20)11-21(19)24/h2-10,15-16,21,23H,11-14H2,1H3/t15?,16?,21-/m0/s1. The summed E-state index contributed by atoms with van der Waals surface area (Å²) >= 11 is 1.98. The average molecular weight is 349 g/mol. The van der Waals surface area contributed by atoms with E-state index in [0.29, 0.717) is 17.9 Å². The van der Waals surface area contributed by atoms with E-state index in [1.54, 1.807) is 11.1 Å². The van der Waals surface area contributed by atoms with Gasteiger partial charge in [0.25, 0.3) is 0 Å². The first-order chi connectivity index (χ1) is 12.3. The van der Waals surface area contributed by atoms with E-state index in [-0.39, 0.29) is 0 Å². The van der Waals surface area contributed by atoms with Gasteiger partial charge in [-0.3, -0.25) is 4.90 Å². The maximum atomic E-state index is 3.61. The highest BCUT2D eigenvalue weighted by Crippen LogP contribution is 2.48. The van der Waals surface area contributed by atoms with Crippen LogP contribution in [0.15, 0.2) is 59.5 Å². The molecule has 2 heterocycles. The number of fused-ring (bicyclic) bond motifs is 2. The normalized spacial score (nSPS) is 27.2. The molecule has 0 saturated heterocycles. The molecule has 0 fully saturated rings. The number of nitrogens with zero attached hydrogens (tertiary/aromatic N) is 1. The van der Waals surface area contributed by atoms with Crippen LogP contribution in [0.1, 0.15) is 23.5 Å². The Morgan fingerprint density at radius 2 is 2.00 bits per heavy atom. The van der Waals surface area contributed by atoms with Crippen molar-refractivity contribution in [3.05, 3.63) is 65.7 Å². The van der Waals surface area contributed by atoms with Gasteiger partial charge in [-0.15, -0.1) is 11.8 Å². The lowest BCUT2D eigenvalue weighted by atomic mass is 9.75. The number of likely N-dealkylation sites (N-methyl/N-ethyl adjacent to an activating group) is 1. The van der Waals surface area contributed by atoms with Crippen LogP contribution in [0.2, 0.25) is 0 Å². The second kappa shape index (κ2) is 6.22. The number of rotatable bonds is 3. The Balaban J connectivity index is 1.45. The Bertz CT molecular complexity index is 814. The Morgan fingerprint density at radius 3 is 2.88 bits per heavy atom. The number of anilines is 1. The lowest BCUT2D eigenvalue weighted by Gasteiger charge is -2.42. The van der Waals surface area contributed by atoms with Crippen LogP contribution in [0.4, 0.5) is 5.69 Å². The van der Waals surface area contributed by atoms with Crippen molar-refractivity contribution in [2.24, 2.45) is 5.92 Å². The molecule has 5 rings (SSSR count). The minimum Gasteiger partial charge on any atom is -0.384 e. The van der Waals surface area contributed by atoms with Crippen LogP contribution in [0.25, 0.3) is 5.57 Å². The molecular formula is C22H24N2S. The third kappa shape index (κ3) is 2.70. The molecule has 25 heavy (non-hydrogen) atoms. The molecule has 3 heteroatoms.